The third-order valence-corrected chi connectivity index (χ3v) is 4.63. The third kappa shape index (κ3) is 2.65. The van der Waals surface area contributed by atoms with Crippen LogP contribution in [0.15, 0.2) is 12.1 Å². The molecule has 2 atom stereocenters. The van der Waals surface area contributed by atoms with Gasteiger partial charge in [-0.15, -0.1) is 11.3 Å². The van der Waals surface area contributed by atoms with Crippen LogP contribution in [0, 0.1) is 6.92 Å². The van der Waals surface area contributed by atoms with Crippen LogP contribution < -0.4 is 5.32 Å². The first-order valence-electron chi connectivity index (χ1n) is 6.30. The highest BCUT2D eigenvalue weighted by atomic mass is 32.1. The third-order valence-electron chi connectivity index (χ3n) is 3.57. The summed E-state index contributed by atoms with van der Waals surface area (Å²) in [5.74, 6) is -0.244. The van der Waals surface area contributed by atoms with Crippen molar-refractivity contribution in [2.75, 3.05) is 6.54 Å². The van der Waals surface area contributed by atoms with E-state index in [1.807, 2.05) is 26.0 Å². The van der Waals surface area contributed by atoms with E-state index < -0.39 is 24.7 Å². The molecular formula is C13H18F2N2OS. The van der Waals surface area contributed by atoms with Crippen LogP contribution in [0.1, 0.15) is 36.2 Å². The molecule has 2 unspecified atom stereocenters. The fourth-order valence-electron chi connectivity index (χ4n) is 2.29. The minimum Gasteiger partial charge on any atom is -0.315 e. The number of hydrogen-bond donors (Lipinski definition) is 1. The Morgan fingerprint density at radius 2 is 2.21 bits per heavy atom. The van der Waals surface area contributed by atoms with E-state index in [9.17, 15) is 13.6 Å². The molecule has 2 rings (SSSR count). The Morgan fingerprint density at radius 3 is 2.68 bits per heavy atom. The van der Waals surface area contributed by atoms with Crippen LogP contribution in [0.25, 0.3) is 0 Å². The predicted molar refractivity (Wildman–Crippen MR) is 71.3 cm³/mol. The summed E-state index contributed by atoms with van der Waals surface area (Å²) >= 11 is 1.53. The van der Waals surface area contributed by atoms with E-state index in [0.29, 0.717) is 6.42 Å². The molecule has 19 heavy (non-hydrogen) atoms. The number of carbonyl (C=O) groups is 1. The Hall–Kier alpha value is -1.01. The second-order valence-electron chi connectivity index (χ2n) is 5.03. The molecule has 0 aliphatic carbocycles. The van der Waals surface area contributed by atoms with E-state index in [-0.39, 0.29) is 5.91 Å². The smallest absolute Gasteiger partial charge is 0.255 e. The van der Waals surface area contributed by atoms with E-state index in [2.05, 4.69) is 5.32 Å². The summed E-state index contributed by atoms with van der Waals surface area (Å²) in [7, 11) is 0. The van der Waals surface area contributed by atoms with Gasteiger partial charge in [0.05, 0.1) is 12.1 Å². The quantitative estimate of drug-likeness (QED) is 0.924. The van der Waals surface area contributed by atoms with Gasteiger partial charge in [0.1, 0.15) is 6.17 Å². The highest BCUT2D eigenvalue weighted by Gasteiger charge is 2.48. The predicted octanol–water partition coefficient (Wildman–Crippen LogP) is 2.92. The lowest BCUT2D eigenvalue weighted by Gasteiger charge is -2.22. The number of carbonyl (C=O) groups excluding carboxylic acids is 1. The topological polar surface area (TPSA) is 32.3 Å². The molecule has 1 aromatic heterocycles. The second-order valence-corrected chi connectivity index (χ2v) is 6.35. The Balaban J connectivity index is 2.32. The number of halogens is 2. The Labute approximate surface area is 115 Å². The molecular weight excluding hydrogens is 270 g/mol. The second kappa shape index (κ2) is 5.17. The minimum atomic E-state index is -2.52. The first kappa shape index (κ1) is 14.4. The van der Waals surface area contributed by atoms with E-state index in [1.54, 1.807) is 6.92 Å². The van der Waals surface area contributed by atoms with E-state index in [4.69, 9.17) is 0 Å². The number of rotatable bonds is 4. The molecule has 2 heterocycles. The van der Waals surface area contributed by atoms with Crippen LogP contribution in [0.5, 0.6) is 0 Å². The molecule has 106 valence electrons. The molecule has 1 aliphatic rings. The SMILES string of the molecule is CCC1(C)NC(c2ccc(C)s2)N(CC(F)F)C1=O. The van der Waals surface area contributed by atoms with Gasteiger partial charge >= 0.3 is 0 Å². The van der Waals surface area contributed by atoms with Crippen LogP contribution in [0.3, 0.4) is 0 Å². The van der Waals surface area contributed by atoms with Gasteiger partial charge in [-0.05, 0) is 32.4 Å². The highest BCUT2D eigenvalue weighted by molar-refractivity contribution is 7.12. The zero-order valence-corrected chi connectivity index (χ0v) is 12.1. The van der Waals surface area contributed by atoms with Crippen LogP contribution in [-0.2, 0) is 4.79 Å². The van der Waals surface area contributed by atoms with Gasteiger partial charge in [0.25, 0.3) is 6.43 Å². The number of aryl methyl sites for hydroxylation is 1. The molecule has 0 radical (unpaired) electrons. The normalized spacial score (nSPS) is 27.6. The van der Waals surface area contributed by atoms with E-state index >= 15 is 0 Å². The molecule has 1 amide bonds. The maximum Gasteiger partial charge on any atom is 0.255 e. The summed E-state index contributed by atoms with van der Waals surface area (Å²) in [5.41, 5.74) is -0.753. The van der Waals surface area contributed by atoms with Gasteiger partial charge in [-0.2, -0.15) is 0 Å². The molecule has 0 aromatic carbocycles. The number of nitrogens with one attached hydrogen (secondary N) is 1. The average Bonchev–Trinajstić information content (AvgIpc) is 2.87. The lowest BCUT2D eigenvalue weighted by Crippen LogP contribution is -2.43. The average molecular weight is 288 g/mol. The van der Waals surface area contributed by atoms with Crippen LogP contribution in [-0.4, -0.2) is 29.3 Å². The highest BCUT2D eigenvalue weighted by Crippen LogP contribution is 2.35. The van der Waals surface area contributed by atoms with Gasteiger partial charge in [0.2, 0.25) is 5.91 Å². The van der Waals surface area contributed by atoms with Crippen molar-refractivity contribution in [3.63, 3.8) is 0 Å². The molecule has 0 bridgehead atoms. The molecule has 0 spiro atoms. The van der Waals surface area contributed by atoms with Crippen molar-refractivity contribution in [2.24, 2.45) is 0 Å². The number of nitrogens with zero attached hydrogens (tertiary/aromatic N) is 1. The summed E-state index contributed by atoms with van der Waals surface area (Å²) < 4.78 is 25.4. The maximum atomic E-state index is 12.7. The van der Waals surface area contributed by atoms with Crippen molar-refractivity contribution in [3.05, 3.63) is 21.9 Å². The minimum absolute atomic E-state index is 0.244. The van der Waals surface area contributed by atoms with Crippen molar-refractivity contribution < 1.29 is 13.6 Å². The number of amides is 1. The molecule has 6 heteroatoms. The van der Waals surface area contributed by atoms with Gasteiger partial charge in [-0.1, -0.05) is 6.92 Å². The first-order chi connectivity index (χ1) is 8.87. The van der Waals surface area contributed by atoms with Gasteiger partial charge in [0.15, 0.2) is 0 Å². The van der Waals surface area contributed by atoms with Gasteiger partial charge in [0, 0.05) is 9.75 Å². The van der Waals surface area contributed by atoms with Gasteiger partial charge < -0.3 is 4.90 Å². The Kier molecular flexibility index (Phi) is 3.92. The number of thiophene rings is 1. The maximum absolute atomic E-state index is 12.7. The summed E-state index contributed by atoms with van der Waals surface area (Å²) in [6, 6.07) is 3.83. The van der Waals surface area contributed by atoms with Gasteiger partial charge in [-0.3, -0.25) is 10.1 Å². The van der Waals surface area contributed by atoms with Crippen LogP contribution in [0.2, 0.25) is 0 Å². The van der Waals surface area contributed by atoms with Crippen molar-refractivity contribution >= 4 is 17.2 Å². The molecule has 3 nitrogen and oxygen atoms in total. The number of hydrogen-bond acceptors (Lipinski definition) is 3. The summed E-state index contributed by atoms with van der Waals surface area (Å²) in [4.78, 5) is 15.6. The zero-order chi connectivity index (χ0) is 14.2. The largest absolute Gasteiger partial charge is 0.315 e. The fourth-order valence-corrected chi connectivity index (χ4v) is 3.23. The standard InChI is InChI=1S/C13H18F2N2OS/c1-4-13(3)12(18)17(7-10(14)15)11(16-13)9-6-5-8(2)19-9/h5-6,10-11,16H,4,7H2,1-3H3. The van der Waals surface area contributed by atoms with Crippen molar-refractivity contribution in [1.29, 1.82) is 0 Å². The van der Waals surface area contributed by atoms with Crippen molar-refractivity contribution in [1.82, 2.24) is 10.2 Å². The van der Waals surface area contributed by atoms with E-state index in [1.165, 1.54) is 16.2 Å². The Bertz CT molecular complexity index is 477. The van der Waals surface area contributed by atoms with E-state index in [0.717, 1.165) is 9.75 Å². The van der Waals surface area contributed by atoms with Crippen LogP contribution >= 0.6 is 11.3 Å². The van der Waals surface area contributed by atoms with Crippen molar-refractivity contribution in [2.45, 2.75) is 45.3 Å². The monoisotopic (exact) mass is 288 g/mol. The summed E-state index contributed by atoms with van der Waals surface area (Å²) in [6.45, 7) is 5.09. The molecule has 0 saturated carbocycles. The number of alkyl halides is 2. The van der Waals surface area contributed by atoms with Gasteiger partial charge in [-0.25, -0.2) is 8.78 Å². The summed E-state index contributed by atoms with van der Waals surface area (Å²) in [5, 5.41) is 3.21. The lowest BCUT2D eigenvalue weighted by molar-refractivity contribution is -0.134. The molecule has 1 saturated heterocycles. The first-order valence-corrected chi connectivity index (χ1v) is 7.12. The summed E-state index contributed by atoms with van der Waals surface area (Å²) in [6.07, 6.45) is -2.38. The van der Waals surface area contributed by atoms with Crippen LogP contribution in [0.4, 0.5) is 8.78 Å². The molecule has 1 fully saturated rings. The fraction of sp³-hybridized carbons (Fsp3) is 0.615. The zero-order valence-electron chi connectivity index (χ0n) is 11.2. The lowest BCUT2D eigenvalue weighted by atomic mass is 9.99. The molecule has 1 aliphatic heterocycles. The molecule has 1 N–H and O–H groups in total. The van der Waals surface area contributed by atoms with Crippen molar-refractivity contribution in [3.8, 4) is 0 Å². The Morgan fingerprint density at radius 1 is 1.53 bits per heavy atom. The molecule has 1 aromatic rings.